The predicted molar refractivity (Wildman–Crippen MR) is 78.1 cm³/mol. The van der Waals surface area contributed by atoms with E-state index in [-0.39, 0.29) is 18.2 Å². The quantitative estimate of drug-likeness (QED) is 0.893. The molecule has 2 amide bonds. The number of hydrogen-bond donors (Lipinski definition) is 1. The molecule has 1 fully saturated rings. The lowest BCUT2D eigenvalue weighted by Gasteiger charge is -2.14. The highest BCUT2D eigenvalue weighted by Crippen LogP contribution is 2.10. The van der Waals surface area contributed by atoms with Crippen molar-refractivity contribution < 1.29 is 9.59 Å². The van der Waals surface area contributed by atoms with Crippen LogP contribution in [0.1, 0.15) is 36.8 Å². The van der Waals surface area contributed by atoms with Crippen molar-refractivity contribution in [3.8, 4) is 0 Å². The third-order valence-electron chi connectivity index (χ3n) is 3.63. The van der Waals surface area contributed by atoms with Gasteiger partial charge in [0.05, 0.1) is 0 Å². The molecule has 2 rings (SSSR count). The zero-order chi connectivity index (χ0) is 14.4. The number of carbonyl (C=O) groups is 2. The second kappa shape index (κ2) is 7.08. The molecule has 1 aromatic carbocycles. The van der Waals surface area contributed by atoms with Crippen molar-refractivity contribution in [2.45, 2.75) is 39.2 Å². The summed E-state index contributed by atoms with van der Waals surface area (Å²) in [6.07, 6.45) is 2.78. The number of likely N-dealkylation sites (tertiary alicyclic amines) is 1. The number of carbonyl (C=O) groups excluding carboxylic acids is 2. The average Bonchev–Trinajstić information content (AvgIpc) is 2.98. The summed E-state index contributed by atoms with van der Waals surface area (Å²) in [6.45, 7) is 4.26. The van der Waals surface area contributed by atoms with Gasteiger partial charge in [-0.25, -0.2) is 0 Å². The van der Waals surface area contributed by atoms with Gasteiger partial charge < -0.3 is 10.2 Å². The lowest BCUT2D eigenvalue weighted by Crippen LogP contribution is -2.30. The van der Waals surface area contributed by atoms with Gasteiger partial charge >= 0.3 is 0 Å². The van der Waals surface area contributed by atoms with Gasteiger partial charge in [-0.15, -0.1) is 0 Å². The van der Waals surface area contributed by atoms with Crippen LogP contribution in [0.5, 0.6) is 0 Å². The number of nitrogens with one attached hydrogen (secondary N) is 1. The fourth-order valence-corrected chi connectivity index (χ4v) is 2.34. The van der Waals surface area contributed by atoms with Gasteiger partial charge in [-0.2, -0.15) is 0 Å². The minimum Gasteiger partial charge on any atom is -0.352 e. The van der Waals surface area contributed by atoms with Crippen LogP contribution in [0.2, 0.25) is 0 Å². The Kier molecular flexibility index (Phi) is 5.16. The van der Waals surface area contributed by atoms with E-state index in [0.29, 0.717) is 13.0 Å². The maximum atomic E-state index is 11.8. The van der Waals surface area contributed by atoms with Crippen LogP contribution < -0.4 is 5.32 Å². The molecule has 1 aliphatic heterocycles. The Labute approximate surface area is 120 Å². The summed E-state index contributed by atoms with van der Waals surface area (Å²) in [5.41, 5.74) is 2.28. The van der Waals surface area contributed by atoms with Crippen LogP contribution in [-0.2, 0) is 16.1 Å². The first kappa shape index (κ1) is 14.6. The summed E-state index contributed by atoms with van der Waals surface area (Å²) in [6, 6.07) is 8.06. The molecule has 0 atom stereocenters. The standard InChI is InChI=1S/C16H22N2O2/c1-13-4-6-14(7-5-13)12-17-15(19)8-9-16(20)18-10-2-3-11-18/h4-7H,2-3,8-12H2,1H3,(H,17,19). The highest BCUT2D eigenvalue weighted by atomic mass is 16.2. The lowest BCUT2D eigenvalue weighted by molar-refractivity contribution is -0.132. The first-order valence-corrected chi connectivity index (χ1v) is 7.25. The maximum Gasteiger partial charge on any atom is 0.223 e. The molecule has 1 aromatic rings. The van der Waals surface area contributed by atoms with Crippen LogP contribution in [0.3, 0.4) is 0 Å². The molecule has 0 aliphatic carbocycles. The zero-order valence-corrected chi connectivity index (χ0v) is 12.0. The van der Waals surface area contributed by atoms with Crippen LogP contribution in [0, 0.1) is 6.92 Å². The van der Waals surface area contributed by atoms with Gasteiger partial charge in [-0.05, 0) is 25.3 Å². The zero-order valence-electron chi connectivity index (χ0n) is 12.0. The Morgan fingerprint density at radius 1 is 1.10 bits per heavy atom. The first-order chi connectivity index (χ1) is 9.65. The topological polar surface area (TPSA) is 49.4 Å². The van der Waals surface area contributed by atoms with E-state index in [9.17, 15) is 9.59 Å². The summed E-state index contributed by atoms with van der Waals surface area (Å²) in [7, 11) is 0. The minimum atomic E-state index is -0.0573. The first-order valence-electron chi connectivity index (χ1n) is 7.25. The van der Waals surface area contributed by atoms with Crippen molar-refractivity contribution >= 4 is 11.8 Å². The minimum absolute atomic E-state index is 0.0573. The lowest BCUT2D eigenvalue weighted by atomic mass is 10.1. The highest BCUT2D eigenvalue weighted by Gasteiger charge is 2.18. The maximum absolute atomic E-state index is 11.8. The molecule has 0 saturated carbocycles. The van der Waals surface area contributed by atoms with Crippen molar-refractivity contribution in [1.29, 1.82) is 0 Å². The number of benzene rings is 1. The smallest absolute Gasteiger partial charge is 0.223 e. The number of rotatable bonds is 5. The van der Waals surface area contributed by atoms with Crippen LogP contribution >= 0.6 is 0 Å². The van der Waals surface area contributed by atoms with Crippen LogP contribution in [-0.4, -0.2) is 29.8 Å². The van der Waals surface area contributed by atoms with E-state index >= 15 is 0 Å². The third-order valence-corrected chi connectivity index (χ3v) is 3.63. The van der Waals surface area contributed by atoms with Gasteiger partial charge in [0, 0.05) is 32.5 Å². The Hall–Kier alpha value is -1.84. The van der Waals surface area contributed by atoms with E-state index in [2.05, 4.69) is 5.32 Å². The molecular formula is C16H22N2O2. The largest absolute Gasteiger partial charge is 0.352 e. The molecule has 4 heteroatoms. The fourth-order valence-electron chi connectivity index (χ4n) is 2.34. The van der Waals surface area contributed by atoms with Gasteiger partial charge in [-0.3, -0.25) is 9.59 Å². The molecule has 0 unspecified atom stereocenters. The van der Waals surface area contributed by atoms with Gasteiger partial charge in [0.15, 0.2) is 0 Å². The van der Waals surface area contributed by atoms with Gasteiger partial charge in [0.2, 0.25) is 11.8 Å². The van der Waals surface area contributed by atoms with Crippen molar-refractivity contribution in [1.82, 2.24) is 10.2 Å². The van der Waals surface area contributed by atoms with Crippen molar-refractivity contribution in [3.63, 3.8) is 0 Å². The molecule has 0 bridgehead atoms. The number of amides is 2. The van der Waals surface area contributed by atoms with Crippen molar-refractivity contribution in [2.75, 3.05) is 13.1 Å². The molecule has 20 heavy (non-hydrogen) atoms. The predicted octanol–water partition coefficient (Wildman–Crippen LogP) is 2.01. The molecule has 4 nitrogen and oxygen atoms in total. The molecule has 0 aromatic heterocycles. The summed E-state index contributed by atoms with van der Waals surface area (Å²) >= 11 is 0. The number of aryl methyl sites for hydroxylation is 1. The second-order valence-corrected chi connectivity index (χ2v) is 5.35. The molecule has 1 N–H and O–H groups in total. The van der Waals surface area contributed by atoms with E-state index in [4.69, 9.17) is 0 Å². The monoisotopic (exact) mass is 274 g/mol. The summed E-state index contributed by atoms with van der Waals surface area (Å²) < 4.78 is 0. The third kappa shape index (κ3) is 4.37. The number of nitrogens with zero attached hydrogens (tertiary/aromatic N) is 1. The Morgan fingerprint density at radius 2 is 1.75 bits per heavy atom. The SMILES string of the molecule is Cc1ccc(CNC(=O)CCC(=O)N2CCCC2)cc1. The summed E-state index contributed by atoms with van der Waals surface area (Å²) in [4.78, 5) is 25.4. The summed E-state index contributed by atoms with van der Waals surface area (Å²) in [5.74, 6) is 0.0473. The molecule has 1 saturated heterocycles. The fraction of sp³-hybridized carbons (Fsp3) is 0.500. The van der Waals surface area contributed by atoms with E-state index in [1.54, 1.807) is 0 Å². The summed E-state index contributed by atoms with van der Waals surface area (Å²) in [5, 5.41) is 2.85. The van der Waals surface area contributed by atoms with Crippen molar-refractivity contribution in [3.05, 3.63) is 35.4 Å². The molecule has 108 valence electrons. The van der Waals surface area contributed by atoms with Crippen LogP contribution in [0.15, 0.2) is 24.3 Å². The normalized spacial score (nSPS) is 14.3. The van der Waals surface area contributed by atoms with Crippen LogP contribution in [0.4, 0.5) is 0 Å². The second-order valence-electron chi connectivity index (χ2n) is 5.35. The molecule has 0 spiro atoms. The van der Waals surface area contributed by atoms with Gasteiger partial charge in [-0.1, -0.05) is 29.8 Å². The van der Waals surface area contributed by atoms with Crippen molar-refractivity contribution in [2.24, 2.45) is 0 Å². The number of hydrogen-bond acceptors (Lipinski definition) is 2. The van der Waals surface area contributed by atoms with E-state index in [1.807, 2.05) is 36.1 Å². The van der Waals surface area contributed by atoms with E-state index in [1.165, 1.54) is 5.56 Å². The van der Waals surface area contributed by atoms with Gasteiger partial charge in [0.1, 0.15) is 0 Å². The molecule has 1 heterocycles. The van der Waals surface area contributed by atoms with Crippen LogP contribution in [0.25, 0.3) is 0 Å². The Bertz CT molecular complexity index is 462. The highest BCUT2D eigenvalue weighted by molar-refractivity contribution is 5.83. The molecule has 0 radical (unpaired) electrons. The van der Waals surface area contributed by atoms with Gasteiger partial charge in [0.25, 0.3) is 0 Å². The van der Waals surface area contributed by atoms with E-state index < -0.39 is 0 Å². The Morgan fingerprint density at radius 3 is 2.40 bits per heavy atom. The Balaban J connectivity index is 1.67. The van der Waals surface area contributed by atoms with E-state index in [0.717, 1.165) is 31.5 Å². The molecular weight excluding hydrogens is 252 g/mol. The average molecular weight is 274 g/mol. The molecule has 1 aliphatic rings.